The number of anilines is 1. The predicted octanol–water partition coefficient (Wildman–Crippen LogP) is 2.25. The van der Waals surface area contributed by atoms with Gasteiger partial charge in [-0.3, -0.25) is 9.88 Å². The van der Waals surface area contributed by atoms with Gasteiger partial charge in [0.2, 0.25) is 0 Å². The molecule has 0 bridgehead atoms. The number of aromatic nitrogens is 1. The minimum absolute atomic E-state index is 0.372. The Labute approximate surface area is 185 Å². The lowest BCUT2D eigenvalue weighted by Gasteiger charge is -2.36. The third-order valence-electron chi connectivity index (χ3n) is 6.70. The third-order valence-corrected chi connectivity index (χ3v) is 6.70. The van der Waals surface area contributed by atoms with Crippen molar-refractivity contribution in [3.05, 3.63) is 53.2 Å². The molecule has 1 aromatic heterocycles. The van der Waals surface area contributed by atoms with Crippen molar-refractivity contribution in [1.29, 1.82) is 0 Å². The third kappa shape index (κ3) is 4.55. The molecule has 0 atom stereocenters. The van der Waals surface area contributed by atoms with Crippen LogP contribution in [-0.4, -0.2) is 85.8 Å². The molecule has 162 valence electrons. The van der Waals surface area contributed by atoms with Crippen molar-refractivity contribution in [1.82, 2.24) is 14.7 Å². The smallest absolute Gasteiger partial charge is 0.376 e. The highest BCUT2D eigenvalue weighted by Gasteiger charge is 2.24. The molecule has 0 spiro atoms. The number of ether oxygens (including phenoxy) is 1. The average Bonchev–Trinajstić information content (AvgIpc) is 3.22. The Morgan fingerprint density at radius 1 is 1.06 bits per heavy atom. The maximum atomic E-state index is 9.83. The molecular formula is C24H31BN4O2. The second kappa shape index (κ2) is 9.13. The Bertz CT molecular complexity index is 950. The van der Waals surface area contributed by atoms with Gasteiger partial charge in [-0.25, -0.2) is 0 Å². The number of morpholine rings is 1. The average molecular weight is 418 g/mol. The Morgan fingerprint density at radius 3 is 2.65 bits per heavy atom. The first-order chi connectivity index (χ1) is 15.2. The van der Waals surface area contributed by atoms with Crippen molar-refractivity contribution in [2.45, 2.75) is 13.2 Å². The highest BCUT2D eigenvalue weighted by atomic mass is 16.5. The van der Waals surface area contributed by atoms with Crippen LogP contribution in [0.1, 0.15) is 11.1 Å². The Kier molecular flexibility index (Phi) is 6.09. The highest BCUT2D eigenvalue weighted by molar-refractivity contribution is 6.45. The van der Waals surface area contributed by atoms with Gasteiger partial charge in [0, 0.05) is 68.8 Å². The Hall–Kier alpha value is -2.19. The fourth-order valence-corrected chi connectivity index (χ4v) is 4.91. The van der Waals surface area contributed by atoms with E-state index in [0.717, 1.165) is 71.1 Å². The van der Waals surface area contributed by atoms with Crippen LogP contribution >= 0.6 is 0 Å². The first kappa shape index (κ1) is 20.7. The van der Waals surface area contributed by atoms with Crippen LogP contribution in [0.25, 0.3) is 17.3 Å². The van der Waals surface area contributed by atoms with Crippen molar-refractivity contribution >= 4 is 18.8 Å². The van der Waals surface area contributed by atoms with Gasteiger partial charge in [0.25, 0.3) is 0 Å². The topological polar surface area (TPSA) is 52.1 Å². The summed E-state index contributed by atoms with van der Waals surface area (Å²) in [5, 5.41) is 9.83. The molecule has 1 N–H and O–H groups in total. The number of piperazine rings is 1. The summed E-state index contributed by atoms with van der Waals surface area (Å²) in [7, 11) is -0.372. The van der Waals surface area contributed by atoms with Gasteiger partial charge in [-0.15, -0.1) is 0 Å². The number of fused-ring (bicyclic) bond motifs is 1. The molecular weight excluding hydrogens is 387 g/mol. The monoisotopic (exact) mass is 418 g/mol. The van der Waals surface area contributed by atoms with Gasteiger partial charge >= 0.3 is 7.05 Å². The maximum absolute atomic E-state index is 9.83. The van der Waals surface area contributed by atoms with Crippen LogP contribution in [-0.2, 0) is 11.2 Å². The van der Waals surface area contributed by atoms with Crippen molar-refractivity contribution in [2.24, 2.45) is 0 Å². The maximum Gasteiger partial charge on any atom is 0.376 e. The number of pyridine rings is 1. The zero-order valence-electron chi connectivity index (χ0n) is 18.3. The molecule has 0 saturated carbocycles. The molecule has 0 radical (unpaired) electrons. The standard InChI is InChI=1S/C24H31BN4O2/c1-25(30)29-9-7-28(8-10-29)22-4-2-3-21(17-22)24-23-16-19(15-20(23)5-6-26-24)18-27-11-13-31-14-12-27/h2-6,16-17,30H,7-15,18H2,1H3. The molecule has 0 amide bonds. The lowest BCUT2D eigenvalue weighted by molar-refractivity contribution is 0.0422. The van der Waals surface area contributed by atoms with Crippen LogP contribution in [0.5, 0.6) is 0 Å². The van der Waals surface area contributed by atoms with Gasteiger partial charge in [-0.05, 0) is 37.0 Å². The summed E-state index contributed by atoms with van der Waals surface area (Å²) in [6, 6.07) is 10.9. The summed E-state index contributed by atoms with van der Waals surface area (Å²) in [5.41, 5.74) is 7.62. The molecule has 1 aliphatic carbocycles. The molecule has 2 aromatic rings. The van der Waals surface area contributed by atoms with E-state index in [1.165, 1.54) is 28.0 Å². The molecule has 2 fully saturated rings. The van der Waals surface area contributed by atoms with Gasteiger partial charge in [0.1, 0.15) is 0 Å². The SMILES string of the molecule is CB(O)N1CCN(c2cccc(-c3nccc4c3C=C(CN3CCOCC3)C4)c2)CC1. The molecule has 31 heavy (non-hydrogen) atoms. The van der Waals surface area contributed by atoms with E-state index in [1.807, 2.05) is 13.0 Å². The van der Waals surface area contributed by atoms with E-state index >= 15 is 0 Å². The second-order valence-electron chi connectivity index (χ2n) is 8.81. The van der Waals surface area contributed by atoms with Gasteiger partial charge < -0.3 is 19.5 Å². The zero-order chi connectivity index (χ0) is 21.2. The van der Waals surface area contributed by atoms with Crippen LogP contribution in [0.3, 0.4) is 0 Å². The van der Waals surface area contributed by atoms with E-state index in [-0.39, 0.29) is 7.05 Å². The van der Waals surface area contributed by atoms with Crippen LogP contribution < -0.4 is 4.90 Å². The lowest BCUT2D eigenvalue weighted by atomic mass is 9.84. The summed E-state index contributed by atoms with van der Waals surface area (Å²) in [5.74, 6) is 0. The van der Waals surface area contributed by atoms with E-state index in [9.17, 15) is 5.02 Å². The number of benzene rings is 1. The summed E-state index contributed by atoms with van der Waals surface area (Å²) in [6.45, 7) is 10.2. The molecule has 6 nitrogen and oxygen atoms in total. The molecule has 2 aliphatic heterocycles. The van der Waals surface area contributed by atoms with Gasteiger partial charge in [-0.2, -0.15) is 0 Å². The fourth-order valence-electron chi connectivity index (χ4n) is 4.91. The van der Waals surface area contributed by atoms with Gasteiger partial charge in [0.05, 0.1) is 18.9 Å². The normalized spacial score (nSPS) is 19.9. The van der Waals surface area contributed by atoms with Crippen molar-refractivity contribution < 1.29 is 9.76 Å². The van der Waals surface area contributed by atoms with Crippen molar-refractivity contribution in [2.75, 3.05) is 63.9 Å². The first-order valence-electron chi connectivity index (χ1n) is 11.4. The van der Waals surface area contributed by atoms with E-state index in [4.69, 9.17) is 9.72 Å². The summed E-state index contributed by atoms with van der Waals surface area (Å²) < 4.78 is 5.49. The predicted molar refractivity (Wildman–Crippen MR) is 126 cm³/mol. The van der Waals surface area contributed by atoms with E-state index < -0.39 is 0 Å². The second-order valence-corrected chi connectivity index (χ2v) is 8.81. The minimum Gasteiger partial charge on any atom is -0.437 e. The van der Waals surface area contributed by atoms with Crippen molar-refractivity contribution in [3.8, 4) is 11.3 Å². The summed E-state index contributed by atoms with van der Waals surface area (Å²) in [4.78, 5) is 11.8. The highest BCUT2D eigenvalue weighted by Crippen LogP contribution is 2.34. The van der Waals surface area contributed by atoms with E-state index in [2.05, 4.69) is 51.0 Å². The molecule has 0 unspecified atom stereocenters. The van der Waals surface area contributed by atoms with Crippen LogP contribution in [0, 0.1) is 0 Å². The van der Waals surface area contributed by atoms with Crippen LogP contribution in [0.15, 0.2) is 42.1 Å². The Balaban J connectivity index is 1.35. The lowest BCUT2D eigenvalue weighted by Crippen LogP contribution is -2.51. The molecule has 7 heteroatoms. The number of hydrogen-bond donors (Lipinski definition) is 1. The van der Waals surface area contributed by atoms with Crippen LogP contribution in [0.4, 0.5) is 5.69 Å². The Morgan fingerprint density at radius 2 is 1.87 bits per heavy atom. The number of rotatable bonds is 5. The van der Waals surface area contributed by atoms with Crippen LogP contribution in [0.2, 0.25) is 6.82 Å². The van der Waals surface area contributed by atoms with E-state index in [0.29, 0.717) is 0 Å². The molecule has 3 aliphatic rings. The fraction of sp³-hybridized carbons (Fsp3) is 0.458. The largest absolute Gasteiger partial charge is 0.437 e. The zero-order valence-corrected chi connectivity index (χ0v) is 18.3. The number of nitrogens with zero attached hydrogens (tertiary/aromatic N) is 4. The first-order valence-corrected chi connectivity index (χ1v) is 11.4. The molecule has 1 aromatic carbocycles. The molecule has 5 rings (SSSR count). The quantitative estimate of drug-likeness (QED) is 0.752. The summed E-state index contributed by atoms with van der Waals surface area (Å²) in [6.07, 6.45) is 5.33. The van der Waals surface area contributed by atoms with E-state index in [1.54, 1.807) is 0 Å². The van der Waals surface area contributed by atoms with Crippen molar-refractivity contribution in [3.63, 3.8) is 0 Å². The van der Waals surface area contributed by atoms with Gasteiger partial charge in [-0.1, -0.05) is 23.8 Å². The molecule has 2 saturated heterocycles. The van der Waals surface area contributed by atoms with Gasteiger partial charge in [0.15, 0.2) is 0 Å². The number of hydrogen-bond acceptors (Lipinski definition) is 6. The molecule has 3 heterocycles. The summed E-state index contributed by atoms with van der Waals surface area (Å²) >= 11 is 0. The minimum atomic E-state index is -0.372.